The van der Waals surface area contributed by atoms with Crippen LogP contribution in [0.4, 0.5) is 5.69 Å². The van der Waals surface area contributed by atoms with E-state index in [-0.39, 0.29) is 11.8 Å². The van der Waals surface area contributed by atoms with Crippen LogP contribution in [0.15, 0.2) is 18.2 Å². The number of hydrogen-bond acceptors (Lipinski definition) is 4. The van der Waals surface area contributed by atoms with Crippen molar-refractivity contribution in [2.45, 2.75) is 46.0 Å². The Hall–Kier alpha value is -1.92. The maximum atomic E-state index is 12.7. The number of piperidine rings is 1. The first-order chi connectivity index (χ1) is 14.1. The van der Waals surface area contributed by atoms with Gasteiger partial charge in [0.15, 0.2) is 0 Å². The molecule has 1 aromatic carbocycles. The van der Waals surface area contributed by atoms with Crippen molar-refractivity contribution in [1.29, 1.82) is 0 Å². The summed E-state index contributed by atoms with van der Waals surface area (Å²) >= 11 is 0. The van der Waals surface area contributed by atoms with Gasteiger partial charge >= 0.3 is 0 Å². The van der Waals surface area contributed by atoms with Crippen LogP contribution in [0.25, 0.3) is 0 Å². The molecule has 2 aliphatic rings. The minimum absolute atomic E-state index is 0.0541. The molecule has 6 heteroatoms. The zero-order chi connectivity index (χ0) is 20.6. The molecule has 0 aromatic heterocycles. The molecule has 0 spiro atoms. The van der Waals surface area contributed by atoms with Gasteiger partial charge in [-0.3, -0.25) is 19.4 Å². The predicted molar refractivity (Wildman–Crippen MR) is 117 cm³/mol. The topological polar surface area (TPSA) is 55.9 Å². The molecule has 29 heavy (non-hydrogen) atoms. The highest BCUT2D eigenvalue weighted by atomic mass is 16.2. The average molecular weight is 401 g/mol. The molecular formula is C23H36N4O2. The van der Waals surface area contributed by atoms with Gasteiger partial charge in [0.05, 0.1) is 13.1 Å². The predicted octanol–water partition coefficient (Wildman–Crippen LogP) is 2.38. The molecule has 0 radical (unpaired) electrons. The second kappa shape index (κ2) is 10.7. The third-order valence-electron chi connectivity index (χ3n) is 6.16. The number of aryl methyl sites for hydroxylation is 2. The fraction of sp³-hybridized carbons (Fsp3) is 0.652. The standard InChI is InChI=1S/C23H36N4O2/c1-3-19-9-8-10-20(4-2)23(19)24-21(28)17-25-13-15-26(16-14-25)18-22(29)27-11-6-5-7-12-27/h8-10H,3-7,11-18H2,1-2H3,(H,24,28). The molecule has 1 aromatic rings. The van der Waals surface area contributed by atoms with Crippen LogP contribution >= 0.6 is 0 Å². The van der Waals surface area contributed by atoms with Crippen LogP contribution in [0.3, 0.4) is 0 Å². The first kappa shape index (κ1) is 21.8. The van der Waals surface area contributed by atoms with Crippen molar-refractivity contribution in [3.05, 3.63) is 29.3 Å². The van der Waals surface area contributed by atoms with Crippen LogP contribution in [0, 0.1) is 0 Å². The molecule has 2 heterocycles. The van der Waals surface area contributed by atoms with Crippen molar-refractivity contribution in [1.82, 2.24) is 14.7 Å². The Morgan fingerprint density at radius 2 is 1.38 bits per heavy atom. The summed E-state index contributed by atoms with van der Waals surface area (Å²) < 4.78 is 0. The summed E-state index contributed by atoms with van der Waals surface area (Å²) in [6.45, 7) is 10.4. The molecule has 0 atom stereocenters. The number of hydrogen-bond donors (Lipinski definition) is 1. The highest BCUT2D eigenvalue weighted by molar-refractivity contribution is 5.93. The number of piperazine rings is 1. The zero-order valence-electron chi connectivity index (χ0n) is 18.1. The minimum Gasteiger partial charge on any atom is -0.342 e. The molecule has 2 fully saturated rings. The summed E-state index contributed by atoms with van der Waals surface area (Å²) in [6, 6.07) is 6.25. The van der Waals surface area contributed by atoms with Crippen molar-refractivity contribution in [3.8, 4) is 0 Å². The lowest BCUT2D eigenvalue weighted by molar-refractivity contribution is -0.134. The highest BCUT2D eigenvalue weighted by Crippen LogP contribution is 2.22. The minimum atomic E-state index is 0.0541. The normalized spacial score (nSPS) is 18.6. The third-order valence-corrected chi connectivity index (χ3v) is 6.16. The number of benzene rings is 1. The largest absolute Gasteiger partial charge is 0.342 e. The Morgan fingerprint density at radius 3 is 1.93 bits per heavy atom. The molecule has 6 nitrogen and oxygen atoms in total. The Bertz CT molecular complexity index is 670. The Labute approximate surface area is 175 Å². The van der Waals surface area contributed by atoms with Gasteiger partial charge in [-0.25, -0.2) is 0 Å². The SMILES string of the molecule is CCc1cccc(CC)c1NC(=O)CN1CCN(CC(=O)N2CCCCC2)CC1. The van der Waals surface area contributed by atoms with E-state index in [9.17, 15) is 9.59 Å². The molecule has 0 bridgehead atoms. The first-order valence-corrected chi connectivity index (χ1v) is 11.2. The van der Waals surface area contributed by atoms with E-state index in [1.165, 1.54) is 17.5 Å². The van der Waals surface area contributed by atoms with Crippen molar-refractivity contribution in [2.24, 2.45) is 0 Å². The maximum absolute atomic E-state index is 12.7. The number of anilines is 1. The number of carbonyl (C=O) groups excluding carboxylic acids is 2. The number of amides is 2. The van der Waals surface area contributed by atoms with Gasteiger partial charge in [-0.15, -0.1) is 0 Å². The molecule has 2 saturated heterocycles. The monoisotopic (exact) mass is 400 g/mol. The summed E-state index contributed by atoms with van der Waals surface area (Å²) in [5.74, 6) is 0.317. The van der Waals surface area contributed by atoms with Crippen molar-refractivity contribution < 1.29 is 9.59 Å². The zero-order valence-corrected chi connectivity index (χ0v) is 18.1. The van der Waals surface area contributed by atoms with Gasteiger partial charge in [-0.05, 0) is 43.2 Å². The van der Waals surface area contributed by atoms with Gasteiger partial charge in [-0.1, -0.05) is 32.0 Å². The van der Waals surface area contributed by atoms with Gasteiger partial charge in [0, 0.05) is 45.0 Å². The number of carbonyl (C=O) groups is 2. The molecule has 0 aliphatic carbocycles. The average Bonchev–Trinajstić information content (AvgIpc) is 2.75. The molecule has 3 rings (SSSR count). The number of likely N-dealkylation sites (tertiary alicyclic amines) is 1. The lowest BCUT2D eigenvalue weighted by Crippen LogP contribution is -2.51. The van der Waals surface area contributed by atoms with Crippen LogP contribution in [-0.4, -0.2) is 78.9 Å². The Kier molecular flexibility index (Phi) is 8.07. The molecule has 2 aliphatic heterocycles. The molecule has 0 unspecified atom stereocenters. The Morgan fingerprint density at radius 1 is 0.828 bits per heavy atom. The van der Waals surface area contributed by atoms with Gasteiger partial charge in [-0.2, -0.15) is 0 Å². The quantitative estimate of drug-likeness (QED) is 0.764. The number of nitrogens with zero attached hydrogens (tertiary/aromatic N) is 3. The van der Waals surface area contributed by atoms with E-state index < -0.39 is 0 Å². The van der Waals surface area contributed by atoms with Crippen LogP contribution in [0.5, 0.6) is 0 Å². The molecule has 0 saturated carbocycles. The summed E-state index contributed by atoms with van der Waals surface area (Å²) in [5, 5.41) is 3.16. The van der Waals surface area contributed by atoms with E-state index in [0.717, 1.165) is 70.6 Å². The number of nitrogens with one attached hydrogen (secondary N) is 1. The molecular weight excluding hydrogens is 364 g/mol. The maximum Gasteiger partial charge on any atom is 0.238 e. The third kappa shape index (κ3) is 6.03. The van der Waals surface area contributed by atoms with Crippen molar-refractivity contribution in [2.75, 3.05) is 57.7 Å². The smallest absolute Gasteiger partial charge is 0.238 e. The van der Waals surface area contributed by atoms with Gasteiger partial charge < -0.3 is 10.2 Å². The lowest BCUT2D eigenvalue weighted by atomic mass is 10.0. The molecule has 2 amide bonds. The number of rotatable bonds is 7. The second-order valence-electron chi connectivity index (χ2n) is 8.20. The summed E-state index contributed by atoms with van der Waals surface area (Å²) in [4.78, 5) is 31.5. The van der Waals surface area contributed by atoms with E-state index in [2.05, 4.69) is 47.2 Å². The second-order valence-corrected chi connectivity index (χ2v) is 8.20. The summed E-state index contributed by atoms with van der Waals surface area (Å²) in [7, 11) is 0. The van der Waals surface area contributed by atoms with E-state index in [1.54, 1.807) is 0 Å². The van der Waals surface area contributed by atoms with Crippen LogP contribution < -0.4 is 5.32 Å². The van der Waals surface area contributed by atoms with Crippen molar-refractivity contribution >= 4 is 17.5 Å². The van der Waals surface area contributed by atoms with Gasteiger partial charge in [0.1, 0.15) is 0 Å². The van der Waals surface area contributed by atoms with Crippen LogP contribution in [-0.2, 0) is 22.4 Å². The van der Waals surface area contributed by atoms with E-state index in [4.69, 9.17) is 0 Å². The lowest BCUT2D eigenvalue weighted by Gasteiger charge is -2.35. The summed E-state index contributed by atoms with van der Waals surface area (Å²) in [6.07, 6.45) is 5.33. The first-order valence-electron chi connectivity index (χ1n) is 11.2. The van der Waals surface area contributed by atoms with E-state index in [0.29, 0.717) is 13.1 Å². The van der Waals surface area contributed by atoms with Crippen molar-refractivity contribution in [3.63, 3.8) is 0 Å². The number of para-hydroxylation sites is 1. The molecule has 160 valence electrons. The summed E-state index contributed by atoms with van der Waals surface area (Å²) in [5.41, 5.74) is 3.38. The van der Waals surface area contributed by atoms with Gasteiger partial charge in [0.2, 0.25) is 11.8 Å². The molecule has 1 N–H and O–H groups in total. The van der Waals surface area contributed by atoms with Crippen LogP contribution in [0.1, 0.15) is 44.2 Å². The van der Waals surface area contributed by atoms with E-state index in [1.807, 2.05) is 4.90 Å². The highest BCUT2D eigenvalue weighted by Gasteiger charge is 2.24. The fourth-order valence-electron chi connectivity index (χ4n) is 4.33. The Balaban J connectivity index is 1.45. The van der Waals surface area contributed by atoms with Crippen LogP contribution in [0.2, 0.25) is 0 Å². The fourth-order valence-corrected chi connectivity index (χ4v) is 4.33. The van der Waals surface area contributed by atoms with Gasteiger partial charge in [0.25, 0.3) is 0 Å². The van der Waals surface area contributed by atoms with E-state index >= 15 is 0 Å².